The highest BCUT2D eigenvalue weighted by Crippen LogP contribution is 2.20. The summed E-state index contributed by atoms with van der Waals surface area (Å²) in [7, 11) is -3.47. The van der Waals surface area contributed by atoms with Gasteiger partial charge < -0.3 is 9.64 Å². The molecule has 1 aliphatic heterocycles. The number of carbonyl (C=O) groups excluding carboxylic acids is 1. The first-order chi connectivity index (χ1) is 11.9. The second-order valence-corrected chi connectivity index (χ2v) is 8.35. The second-order valence-electron chi connectivity index (χ2n) is 6.41. The average molecular weight is 368 g/mol. The monoisotopic (exact) mass is 368 g/mol. The van der Waals surface area contributed by atoms with Crippen LogP contribution in [-0.2, 0) is 14.8 Å². The standard InChI is InChI=1S/C18H28N2O4S/c1-4-20(5-2)25(22,23)17-8-6-16(7-9-17)24-14-18(21)19-12-10-15(3)11-13-19/h6-9,15H,4-5,10-14H2,1-3H3. The predicted octanol–water partition coefficient (Wildman–Crippen LogP) is 2.35. The lowest BCUT2D eigenvalue weighted by Crippen LogP contribution is -2.40. The van der Waals surface area contributed by atoms with Crippen LogP contribution in [0.4, 0.5) is 0 Å². The Bertz CT molecular complexity index is 661. The van der Waals surface area contributed by atoms with Gasteiger partial charge in [0.1, 0.15) is 5.75 Å². The van der Waals surface area contributed by atoms with E-state index in [9.17, 15) is 13.2 Å². The highest BCUT2D eigenvalue weighted by molar-refractivity contribution is 7.89. The van der Waals surface area contributed by atoms with E-state index in [0.717, 1.165) is 25.9 Å². The first-order valence-corrected chi connectivity index (χ1v) is 10.3. The highest BCUT2D eigenvalue weighted by Gasteiger charge is 2.22. The number of benzene rings is 1. The van der Waals surface area contributed by atoms with Gasteiger partial charge in [-0.3, -0.25) is 4.79 Å². The molecule has 2 rings (SSSR count). The largest absolute Gasteiger partial charge is 0.484 e. The fourth-order valence-electron chi connectivity index (χ4n) is 2.91. The lowest BCUT2D eigenvalue weighted by Gasteiger charge is -2.30. The van der Waals surface area contributed by atoms with E-state index in [0.29, 0.717) is 24.8 Å². The molecule has 0 radical (unpaired) electrons. The fourth-order valence-corrected chi connectivity index (χ4v) is 4.37. The molecule has 0 saturated carbocycles. The summed E-state index contributed by atoms with van der Waals surface area (Å²) in [5.41, 5.74) is 0. The molecule has 25 heavy (non-hydrogen) atoms. The highest BCUT2D eigenvalue weighted by atomic mass is 32.2. The van der Waals surface area contributed by atoms with Crippen LogP contribution in [0.15, 0.2) is 29.2 Å². The minimum atomic E-state index is -3.47. The lowest BCUT2D eigenvalue weighted by molar-refractivity contribution is -0.134. The van der Waals surface area contributed by atoms with Gasteiger partial charge in [0, 0.05) is 26.2 Å². The van der Waals surface area contributed by atoms with Crippen molar-refractivity contribution >= 4 is 15.9 Å². The quantitative estimate of drug-likeness (QED) is 0.741. The molecule has 0 aromatic heterocycles. The van der Waals surface area contributed by atoms with Crippen molar-refractivity contribution in [3.05, 3.63) is 24.3 Å². The van der Waals surface area contributed by atoms with Crippen LogP contribution in [0.1, 0.15) is 33.6 Å². The minimum absolute atomic E-state index is 0.0173. The fraction of sp³-hybridized carbons (Fsp3) is 0.611. The predicted molar refractivity (Wildman–Crippen MR) is 97.0 cm³/mol. The summed E-state index contributed by atoms with van der Waals surface area (Å²) in [6, 6.07) is 6.25. The van der Waals surface area contributed by atoms with Crippen molar-refractivity contribution in [2.24, 2.45) is 5.92 Å². The molecule has 0 N–H and O–H groups in total. The third-order valence-electron chi connectivity index (χ3n) is 4.67. The van der Waals surface area contributed by atoms with E-state index in [4.69, 9.17) is 4.74 Å². The zero-order valence-electron chi connectivity index (χ0n) is 15.3. The molecule has 0 aliphatic carbocycles. The Morgan fingerprint density at radius 3 is 2.24 bits per heavy atom. The molecule has 1 saturated heterocycles. The summed E-state index contributed by atoms with van der Waals surface area (Å²) in [6.45, 7) is 8.23. The molecule has 1 amide bonds. The molecular formula is C18H28N2O4S. The molecule has 140 valence electrons. The molecule has 1 heterocycles. The smallest absolute Gasteiger partial charge is 0.260 e. The van der Waals surface area contributed by atoms with Crippen molar-refractivity contribution < 1.29 is 17.9 Å². The van der Waals surface area contributed by atoms with Crippen molar-refractivity contribution in [3.8, 4) is 5.75 Å². The van der Waals surface area contributed by atoms with Crippen molar-refractivity contribution in [2.75, 3.05) is 32.8 Å². The Hall–Kier alpha value is -1.60. The normalized spacial score (nSPS) is 16.2. The Balaban J connectivity index is 1.93. The number of amides is 1. The van der Waals surface area contributed by atoms with Gasteiger partial charge in [-0.2, -0.15) is 4.31 Å². The summed E-state index contributed by atoms with van der Waals surface area (Å²) >= 11 is 0. The van der Waals surface area contributed by atoms with Gasteiger partial charge in [0.05, 0.1) is 4.90 Å². The number of ether oxygens (including phenoxy) is 1. The summed E-state index contributed by atoms with van der Waals surface area (Å²) < 4.78 is 31.8. The number of sulfonamides is 1. The van der Waals surface area contributed by atoms with E-state index < -0.39 is 10.0 Å². The number of piperidine rings is 1. The third kappa shape index (κ3) is 4.95. The number of nitrogens with zero attached hydrogens (tertiary/aromatic N) is 2. The Morgan fingerprint density at radius 1 is 1.16 bits per heavy atom. The molecule has 1 aliphatic rings. The average Bonchev–Trinajstić information content (AvgIpc) is 2.61. The van der Waals surface area contributed by atoms with E-state index >= 15 is 0 Å². The zero-order valence-corrected chi connectivity index (χ0v) is 16.1. The zero-order chi connectivity index (χ0) is 18.4. The molecule has 7 heteroatoms. The van der Waals surface area contributed by atoms with E-state index in [1.807, 2.05) is 18.7 Å². The molecule has 0 bridgehead atoms. The summed E-state index contributed by atoms with van der Waals surface area (Å²) in [5, 5.41) is 0. The summed E-state index contributed by atoms with van der Waals surface area (Å²) in [5.74, 6) is 1.15. The third-order valence-corrected chi connectivity index (χ3v) is 6.73. The Kier molecular flexibility index (Phi) is 6.84. The van der Waals surface area contributed by atoms with Gasteiger partial charge in [0.15, 0.2) is 6.61 Å². The molecule has 1 aromatic rings. The molecule has 1 aromatic carbocycles. The summed E-state index contributed by atoms with van der Waals surface area (Å²) in [6.07, 6.45) is 2.06. The van der Waals surface area contributed by atoms with Gasteiger partial charge in [0.25, 0.3) is 5.91 Å². The van der Waals surface area contributed by atoms with Crippen molar-refractivity contribution in [3.63, 3.8) is 0 Å². The van der Waals surface area contributed by atoms with Crippen LogP contribution in [0.3, 0.4) is 0 Å². The van der Waals surface area contributed by atoms with Crippen molar-refractivity contribution in [1.29, 1.82) is 0 Å². The Labute approximate surface area is 150 Å². The topological polar surface area (TPSA) is 66.9 Å². The maximum Gasteiger partial charge on any atom is 0.260 e. The van der Waals surface area contributed by atoms with E-state index in [1.165, 1.54) is 16.4 Å². The van der Waals surface area contributed by atoms with E-state index in [2.05, 4.69) is 6.92 Å². The molecule has 0 spiro atoms. The molecule has 0 atom stereocenters. The van der Waals surface area contributed by atoms with Crippen LogP contribution in [-0.4, -0.2) is 56.3 Å². The number of likely N-dealkylation sites (tertiary alicyclic amines) is 1. The number of rotatable bonds is 7. The van der Waals surface area contributed by atoms with Crippen LogP contribution >= 0.6 is 0 Å². The van der Waals surface area contributed by atoms with Gasteiger partial charge in [-0.15, -0.1) is 0 Å². The molecular weight excluding hydrogens is 340 g/mol. The van der Waals surface area contributed by atoms with Crippen molar-refractivity contribution in [2.45, 2.75) is 38.5 Å². The molecule has 0 unspecified atom stereocenters. The first-order valence-electron chi connectivity index (χ1n) is 8.89. The minimum Gasteiger partial charge on any atom is -0.484 e. The number of carbonyl (C=O) groups is 1. The van der Waals surface area contributed by atoms with Crippen LogP contribution in [0, 0.1) is 5.92 Å². The van der Waals surface area contributed by atoms with Gasteiger partial charge in [-0.25, -0.2) is 8.42 Å². The van der Waals surface area contributed by atoms with E-state index in [-0.39, 0.29) is 17.4 Å². The van der Waals surface area contributed by atoms with Gasteiger partial charge >= 0.3 is 0 Å². The van der Waals surface area contributed by atoms with Crippen LogP contribution in [0.2, 0.25) is 0 Å². The molecule has 1 fully saturated rings. The SMILES string of the molecule is CCN(CC)S(=O)(=O)c1ccc(OCC(=O)N2CCC(C)CC2)cc1. The first kappa shape index (κ1) is 19.7. The maximum absolute atomic E-state index is 12.4. The number of hydrogen-bond acceptors (Lipinski definition) is 4. The molecule has 6 nitrogen and oxygen atoms in total. The Morgan fingerprint density at radius 2 is 1.72 bits per heavy atom. The van der Waals surface area contributed by atoms with Crippen molar-refractivity contribution in [1.82, 2.24) is 9.21 Å². The maximum atomic E-state index is 12.4. The van der Waals surface area contributed by atoms with Crippen LogP contribution in [0.5, 0.6) is 5.75 Å². The van der Waals surface area contributed by atoms with Crippen LogP contribution < -0.4 is 4.74 Å². The van der Waals surface area contributed by atoms with E-state index in [1.54, 1.807) is 12.1 Å². The van der Waals surface area contributed by atoms with Gasteiger partial charge in [0.2, 0.25) is 10.0 Å². The lowest BCUT2D eigenvalue weighted by atomic mass is 9.99. The van der Waals surface area contributed by atoms with Gasteiger partial charge in [-0.05, 0) is 43.0 Å². The number of hydrogen-bond donors (Lipinski definition) is 0. The summed E-state index contributed by atoms with van der Waals surface area (Å²) in [4.78, 5) is 14.2. The van der Waals surface area contributed by atoms with Crippen LogP contribution in [0.25, 0.3) is 0 Å². The van der Waals surface area contributed by atoms with Gasteiger partial charge in [-0.1, -0.05) is 20.8 Å². The second kappa shape index (κ2) is 8.67.